The molecule has 5 rings (SSSR count). The van der Waals surface area contributed by atoms with Crippen LogP contribution in [0.3, 0.4) is 0 Å². The van der Waals surface area contributed by atoms with Crippen molar-refractivity contribution in [3.8, 4) is 0 Å². The van der Waals surface area contributed by atoms with Crippen LogP contribution in [0, 0.1) is 23.7 Å². The number of carbonyl (C=O) groups is 3. The Morgan fingerprint density at radius 3 is 2.55 bits per heavy atom. The molecule has 0 radical (unpaired) electrons. The van der Waals surface area contributed by atoms with Gasteiger partial charge in [-0.05, 0) is 19.3 Å². The topological polar surface area (TPSA) is 101 Å². The van der Waals surface area contributed by atoms with Gasteiger partial charge >= 0.3 is 17.9 Å². The Hall–Kier alpha value is -1.71. The quantitative estimate of drug-likeness (QED) is 0.316. The Bertz CT molecular complexity index is 772. The summed E-state index contributed by atoms with van der Waals surface area (Å²) in [5.74, 6) is -3.85. The molecule has 6 unspecified atom stereocenters. The Morgan fingerprint density at radius 2 is 1.82 bits per heavy atom. The van der Waals surface area contributed by atoms with E-state index in [0.717, 1.165) is 25.7 Å². The number of hydrogen-bond donors (Lipinski definition) is 0. The van der Waals surface area contributed by atoms with Crippen LogP contribution in [0.2, 0.25) is 0 Å². The van der Waals surface area contributed by atoms with Crippen molar-refractivity contribution in [3.63, 3.8) is 0 Å². The van der Waals surface area contributed by atoms with E-state index in [4.69, 9.17) is 23.7 Å². The molecular formula is C24H35NO8. The van der Waals surface area contributed by atoms with Crippen LogP contribution in [0.4, 0.5) is 0 Å². The van der Waals surface area contributed by atoms with Gasteiger partial charge in [0, 0.05) is 38.8 Å². The highest BCUT2D eigenvalue weighted by molar-refractivity contribution is 5.86. The van der Waals surface area contributed by atoms with E-state index in [1.807, 2.05) is 4.90 Å². The van der Waals surface area contributed by atoms with Crippen molar-refractivity contribution < 1.29 is 38.1 Å². The smallest absolute Gasteiger partial charge is 0.320 e. The highest BCUT2D eigenvalue weighted by Gasteiger charge is 2.70. The standard InChI is InChI=1S/C24H35NO8/c1-24(2,32-14-6-4-3-5-7-14)33-23(28)19-16-12-15-18(19)22(27)31-21(15)20(16)30-17(26)13-25-8-10-29-11-9-25/h14-16,18-21H,3-13H2,1-2H3. The summed E-state index contributed by atoms with van der Waals surface area (Å²) in [6.07, 6.45) is 5.02. The van der Waals surface area contributed by atoms with Gasteiger partial charge in [-0.1, -0.05) is 19.3 Å². The fourth-order valence-corrected chi connectivity index (χ4v) is 6.52. The average Bonchev–Trinajstić information content (AvgIpc) is 3.38. The monoisotopic (exact) mass is 465 g/mol. The van der Waals surface area contributed by atoms with Gasteiger partial charge in [-0.15, -0.1) is 0 Å². The molecule has 6 atom stereocenters. The number of hydrogen-bond acceptors (Lipinski definition) is 9. The Morgan fingerprint density at radius 1 is 1.09 bits per heavy atom. The van der Waals surface area contributed by atoms with Crippen molar-refractivity contribution in [1.82, 2.24) is 4.90 Å². The van der Waals surface area contributed by atoms with E-state index in [1.165, 1.54) is 6.42 Å². The minimum atomic E-state index is -1.08. The van der Waals surface area contributed by atoms with Crippen molar-refractivity contribution >= 4 is 17.9 Å². The first-order chi connectivity index (χ1) is 15.8. The van der Waals surface area contributed by atoms with Gasteiger partial charge in [0.15, 0.2) is 0 Å². The first-order valence-electron chi connectivity index (χ1n) is 12.4. The third-order valence-electron chi connectivity index (χ3n) is 7.89. The molecule has 2 bridgehead atoms. The fraction of sp³-hybridized carbons (Fsp3) is 0.875. The lowest BCUT2D eigenvalue weighted by atomic mass is 9.78. The van der Waals surface area contributed by atoms with Gasteiger partial charge in [-0.25, -0.2) is 0 Å². The number of fused-ring (bicyclic) bond motifs is 1. The van der Waals surface area contributed by atoms with Crippen molar-refractivity contribution in [2.45, 2.75) is 76.5 Å². The molecule has 2 heterocycles. The van der Waals surface area contributed by atoms with E-state index in [9.17, 15) is 14.4 Å². The highest BCUT2D eigenvalue weighted by Crippen LogP contribution is 2.59. The molecule has 0 N–H and O–H groups in total. The summed E-state index contributed by atoms with van der Waals surface area (Å²) in [6.45, 7) is 6.21. The normalized spacial score (nSPS) is 36.6. The zero-order valence-corrected chi connectivity index (χ0v) is 19.5. The molecule has 0 amide bonds. The summed E-state index contributed by atoms with van der Waals surface area (Å²) >= 11 is 0. The maximum Gasteiger partial charge on any atom is 0.320 e. The third-order valence-corrected chi connectivity index (χ3v) is 7.89. The van der Waals surface area contributed by atoms with Gasteiger partial charge in [0.2, 0.25) is 5.79 Å². The molecule has 33 heavy (non-hydrogen) atoms. The summed E-state index contributed by atoms with van der Waals surface area (Å²) in [6, 6.07) is 0. The Balaban J connectivity index is 1.23. The molecule has 0 aromatic rings. The van der Waals surface area contributed by atoms with Crippen molar-refractivity contribution in [3.05, 3.63) is 0 Å². The molecule has 0 spiro atoms. The second kappa shape index (κ2) is 9.15. The minimum absolute atomic E-state index is 0.0799. The number of carbonyl (C=O) groups excluding carboxylic acids is 3. The van der Waals surface area contributed by atoms with E-state index in [-0.39, 0.29) is 36.4 Å². The zero-order chi connectivity index (χ0) is 23.2. The van der Waals surface area contributed by atoms with E-state index >= 15 is 0 Å². The van der Waals surface area contributed by atoms with Gasteiger partial charge in [0.05, 0.1) is 37.7 Å². The van der Waals surface area contributed by atoms with Gasteiger partial charge in [0.25, 0.3) is 0 Å². The molecule has 5 fully saturated rings. The lowest BCUT2D eigenvalue weighted by Crippen LogP contribution is -2.47. The molecular weight excluding hydrogens is 430 g/mol. The van der Waals surface area contributed by atoms with Gasteiger partial charge in [-0.3, -0.25) is 19.3 Å². The van der Waals surface area contributed by atoms with E-state index in [0.29, 0.717) is 32.7 Å². The second-order valence-electron chi connectivity index (χ2n) is 10.6. The lowest BCUT2D eigenvalue weighted by Gasteiger charge is -2.35. The molecule has 5 aliphatic rings. The van der Waals surface area contributed by atoms with Crippen LogP contribution in [-0.4, -0.2) is 79.8 Å². The fourth-order valence-electron chi connectivity index (χ4n) is 6.52. The summed E-state index contributed by atoms with van der Waals surface area (Å²) in [5, 5.41) is 0. The first kappa shape index (κ1) is 23.1. The number of morpholine rings is 1. The van der Waals surface area contributed by atoms with Crippen LogP contribution in [0.25, 0.3) is 0 Å². The summed E-state index contributed by atoms with van der Waals surface area (Å²) in [5.41, 5.74) is 0. The zero-order valence-electron chi connectivity index (χ0n) is 19.5. The highest BCUT2D eigenvalue weighted by atomic mass is 16.7. The second-order valence-corrected chi connectivity index (χ2v) is 10.6. The van der Waals surface area contributed by atoms with Gasteiger partial charge in [0.1, 0.15) is 12.2 Å². The van der Waals surface area contributed by atoms with Crippen LogP contribution in [0.15, 0.2) is 0 Å². The summed E-state index contributed by atoms with van der Waals surface area (Å²) in [4.78, 5) is 40.5. The van der Waals surface area contributed by atoms with Crippen LogP contribution in [0.5, 0.6) is 0 Å². The van der Waals surface area contributed by atoms with Crippen LogP contribution >= 0.6 is 0 Å². The molecule has 0 aromatic carbocycles. The van der Waals surface area contributed by atoms with Crippen molar-refractivity contribution in [2.24, 2.45) is 23.7 Å². The largest absolute Gasteiger partial charge is 0.458 e. The number of ether oxygens (including phenoxy) is 5. The predicted molar refractivity (Wildman–Crippen MR) is 114 cm³/mol. The SMILES string of the molecule is CC(C)(OC(=O)C1C2CC3C(OC(=O)C31)C2OC(=O)CN1CCOCC1)OC1CCCCC1. The maximum absolute atomic E-state index is 13.3. The lowest BCUT2D eigenvalue weighted by molar-refractivity contribution is -0.241. The number of esters is 3. The number of nitrogens with zero attached hydrogens (tertiary/aromatic N) is 1. The van der Waals surface area contributed by atoms with Crippen LogP contribution in [-0.2, 0) is 38.1 Å². The average molecular weight is 466 g/mol. The molecule has 2 aliphatic heterocycles. The molecule has 184 valence electrons. The van der Waals surface area contributed by atoms with Gasteiger partial charge < -0.3 is 23.7 Å². The summed E-state index contributed by atoms with van der Waals surface area (Å²) < 4.78 is 28.7. The summed E-state index contributed by atoms with van der Waals surface area (Å²) in [7, 11) is 0. The number of rotatable bonds is 7. The molecule has 3 aliphatic carbocycles. The van der Waals surface area contributed by atoms with Crippen molar-refractivity contribution in [1.29, 1.82) is 0 Å². The van der Waals surface area contributed by atoms with E-state index in [1.54, 1.807) is 13.8 Å². The van der Waals surface area contributed by atoms with Gasteiger partial charge in [-0.2, -0.15) is 0 Å². The Labute approximate surface area is 194 Å². The van der Waals surface area contributed by atoms with Crippen LogP contribution < -0.4 is 0 Å². The van der Waals surface area contributed by atoms with Crippen LogP contribution in [0.1, 0.15) is 52.4 Å². The third kappa shape index (κ3) is 4.64. The van der Waals surface area contributed by atoms with E-state index in [2.05, 4.69) is 0 Å². The molecule has 3 saturated carbocycles. The predicted octanol–water partition coefficient (Wildman–Crippen LogP) is 1.67. The minimum Gasteiger partial charge on any atom is -0.458 e. The molecule has 2 saturated heterocycles. The maximum atomic E-state index is 13.3. The van der Waals surface area contributed by atoms with Crippen molar-refractivity contribution in [2.75, 3.05) is 32.8 Å². The molecule has 9 heteroatoms. The first-order valence-corrected chi connectivity index (χ1v) is 12.4. The Kier molecular flexibility index (Phi) is 6.39. The van der Waals surface area contributed by atoms with E-state index < -0.39 is 35.8 Å². The molecule has 0 aromatic heterocycles. The molecule has 9 nitrogen and oxygen atoms in total.